The molecule has 3 saturated heterocycles. The van der Waals surface area contributed by atoms with Crippen molar-refractivity contribution >= 4 is 5.91 Å². The van der Waals surface area contributed by atoms with Crippen molar-refractivity contribution < 1.29 is 14.3 Å². The lowest BCUT2D eigenvalue weighted by Gasteiger charge is -2.32. The topological polar surface area (TPSA) is 42.0 Å². The van der Waals surface area contributed by atoms with Gasteiger partial charge in [-0.05, 0) is 49.9 Å². The van der Waals surface area contributed by atoms with Crippen molar-refractivity contribution in [3.8, 4) is 5.75 Å². The highest BCUT2D eigenvalue weighted by molar-refractivity contribution is 5.85. The van der Waals surface area contributed by atoms with E-state index in [2.05, 4.69) is 11.0 Å². The molecule has 0 saturated carbocycles. The average Bonchev–Trinajstić information content (AvgIpc) is 3.23. The second-order valence-electron chi connectivity index (χ2n) is 7.67. The Bertz CT molecular complexity index is 629. The van der Waals surface area contributed by atoms with Crippen molar-refractivity contribution in [1.82, 2.24) is 9.80 Å². The van der Waals surface area contributed by atoms with Gasteiger partial charge in [-0.15, -0.1) is 0 Å². The molecule has 1 spiro atoms. The van der Waals surface area contributed by atoms with Crippen LogP contribution in [0.1, 0.15) is 31.2 Å². The first-order valence-electron chi connectivity index (χ1n) is 9.44. The number of amides is 1. The summed E-state index contributed by atoms with van der Waals surface area (Å²) in [4.78, 5) is 17.8. The van der Waals surface area contributed by atoms with Gasteiger partial charge < -0.3 is 14.4 Å². The predicted molar refractivity (Wildman–Crippen MR) is 95.5 cm³/mol. The van der Waals surface area contributed by atoms with Crippen LogP contribution in [0, 0.1) is 5.41 Å². The molecule has 0 aliphatic carbocycles. The molecule has 0 N–H and O–H groups in total. The highest BCUT2D eigenvalue weighted by atomic mass is 16.5. The SMILES string of the molecule is COc1cccc(CN2CC[C@]3(CCN(C4CCOCC4)C3)C2=O)c1. The Labute approximate surface area is 149 Å². The zero-order valence-electron chi connectivity index (χ0n) is 15.1. The molecule has 3 aliphatic heterocycles. The summed E-state index contributed by atoms with van der Waals surface area (Å²) in [5, 5.41) is 0. The number of rotatable bonds is 4. The standard InChI is InChI=1S/C20H28N2O3/c1-24-18-4-2-3-16(13-18)14-21-9-7-20(19(21)23)8-10-22(15-20)17-5-11-25-12-6-17/h2-4,13,17H,5-12,14-15H2,1H3/t20-/m1/s1. The monoisotopic (exact) mass is 344 g/mol. The molecule has 1 amide bonds. The van der Waals surface area contributed by atoms with Crippen molar-refractivity contribution in [2.24, 2.45) is 5.41 Å². The fraction of sp³-hybridized carbons (Fsp3) is 0.650. The van der Waals surface area contributed by atoms with Crippen LogP contribution in [0.15, 0.2) is 24.3 Å². The van der Waals surface area contributed by atoms with Crippen molar-refractivity contribution in [2.75, 3.05) is 40.0 Å². The summed E-state index contributed by atoms with van der Waals surface area (Å²) >= 11 is 0. The van der Waals surface area contributed by atoms with Crippen LogP contribution in [0.25, 0.3) is 0 Å². The fourth-order valence-electron chi connectivity index (χ4n) is 4.68. The fourth-order valence-corrected chi connectivity index (χ4v) is 4.68. The van der Waals surface area contributed by atoms with Crippen molar-refractivity contribution in [1.29, 1.82) is 0 Å². The molecule has 0 bridgehead atoms. The Morgan fingerprint density at radius 3 is 2.84 bits per heavy atom. The molecule has 5 nitrogen and oxygen atoms in total. The van der Waals surface area contributed by atoms with Crippen LogP contribution in [0.4, 0.5) is 0 Å². The van der Waals surface area contributed by atoms with Crippen LogP contribution >= 0.6 is 0 Å². The van der Waals surface area contributed by atoms with E-state index in [4.69, 9.17) is 9.47 Å². The largest absolute Gasteiger partial charge is 0.497 e. The molecule has 1 aromatic carbocycles. The van der Waals surface area contributed by atoms with E-state index in [1.165, 1.54) is 0 Å². The summed E-state index contributed by atoms with van der Waals surface area (Å²) in [7, 11) is 1.68. The molecule has 0 radical (unpaired) electrons. The van der Waals surface area contributed by atoms with E-state index in [1.807, 2.05) is 23.1 Å². The van der Waals surface area contributed by atoms with E-state index in [1.54, 1.807) is 7.11 Å². The maximum atomic E-state index is 13.2. The first kappa shape index (κ1) is 16.9. The highest BCUT2D eigenvalue weighted by Crippen LogP contribution is 2.42. The predicted octanol–water partition coefficient (Wildman–Crippen LogP) is 2.30. The van der Waals surface area contributed by atoms with E-state index < -0.39 is 0 Å². The van der Waals surface area contributed by atoms with Crippen LogP contribution in [-0.4, -0.2) is 61.7 Å². The third-order valence-corrected chi connectivity index (χ3v) is 6.20. The van der Waals surface area contributed by atoms with Crippen LogP contribution < -0.4 is 4.74 Å². The van der Waals surface area contributed by atoms with E-state index >= 15 is 0 Å². The number of methoxy groups -OCH3 is 1. The second kappa shape index (κ2) is 6.96. The first-order chi connectivity index (χ1) is 12.2. The number of nitrogens with zero attached hydrogens (tertiary/aromatic N) is 2. The summed E-state index contributed by atoms with van der Waals surface area (Å²) in [5.41, 5.74) is 1.00. The Kier molecular flexibility index (Phi) is 4.69. The normalized spacial score (nSPS) is 28.2. The van der Waals surface area contributed by atoms with E-state index in [-0.39, 0.29) is 5.41 Å². The van der Waals surface area contributed by atoms with Crippen LogP contribution in [0.2, 0.25) is 0 Å². The van der Waals surface area contributed by atoms with Gasteiger partial charge in [0.25, 0.3) is 0 Å². The van der Waals surface area contributed by atoms with Gasteiger partial charge >= 0.3 is 0 Å². The van der Waals surface area contributed by atoms with Gasteiger partial charge in [0.15, 0.2) is 0 Å². The number of carbonyl (C=O) groups excluding carboxylic acids is 1. The van der Waals surface area contributed by atoms with Gasteiger partial charge in [0, 0.05) is 38.9 Å². The summed E-state index contributed by atoms with van der Waals surface area (Å²) < 4.78 is 10.8. The lowest BCUT2D eigenvalue weighted by atomic mass is 9.85. The average molecular weight is 344 g/mol. The molecule has 1 atom stereocenters. The number of likely N-dealkylation sites (tertiary alicyclic amines) is 2. The maximum absolute atomic E-state index is 13.2. The maximum Gasteiger partial charge on any atom is 0.230 e. The van der Waals surface area contributed by atoms with Crippen LogP contribution in [0.5, 0.6) is 5.75 Å². The molecule has 25 heavy (non-hydrogen) atoms. The molecule has 136 valence electrons. The smallest absolute Gasteiger partial charge is 0.230 e. The molecule has 3 aliphatic rings. The molecule has 4 rings (SSSR count). The Hall–Kier alpha value is -1.59. The molecular weight excluding hydrogens is 316 g/mol. The molecule has 1 aromatic rings. The van der Waals surface area contributed by atoms with E-state index in [0.717, 1.165) is 69.8 Å². The van der Waals surface area contributed by atoms with Gasteiger partial charge in [0.1, 0.15) is 5.75 Å². The molecule has 0 unspecified atom stereocenters. The lowest BCUT2D eigenvalue weighted by Crippen LogP contribution is -2.41. The minimum Gasteiger partial charge on any atom is -0.497 e. The summed E-state index contributed by atoms with van der Waals surface area (Å²) in [6.07, 6.45) is 4.23. The molecule has 3 fully saturated rings. The minimum atomic E-state index is -0.142. The van der Waals surface area contributed by atoms with Crippen LogP contribution in [0.3, 0.4) is 0 Å². The van der Waals surface area contributed by atoms with Gasteiger partial charge in [-0.25, -0.2) is 0 Å². The van der Waals surface area contributed by atoms with Crippen LogP contribution in [-0.2, 0) is 16.1 Å². The first-order valence-corrected chi connectivity index (χ1v) is 9.44. The van der Waals surface area contributed by atoms with Crippen molar-refractivity contribution in [3.63, 3.8) is 0 Å². The van der Waals surface area contributed by atoms with Gasteiger partial charge in [-0.3, -0.25) is 9.69 Å². The lowest BCUT2D eigenvalue weighted by molar-refractivity contribution is -0.136. The van der Waals surface area contributed by atoms with Crippen molar-refractivity contribution in [2.45, 2.75) is 38.3 Å². The van der Waals surface area contributed by atoms with E-state index in [0.29, 0.717) is 18.5 Å². The summed E-state index contributed by atoms with van der Waals surface area (Å²) in [6, 6.07) is 8.64. The summed E-state index contributed by atoms with van der Waals surface area (Å²) in [5.74, 6) is 1.20. The molecule has 0 aromatic heterocycles. The highest BCUT2D eigenvalue weighted by Gasteiger charge is 2.51. The third-order valence-electron chi connectivity index (χ3n) is 6.20. The quantitative estimate of drug-likeness (QED) is 0.840. The van der Waals surface area contributed by atoms with Crippen molar-refractivity contribution in [3.05, 3.63) is 29.8 Å². The van der Waals surface area contributed by atoms with Gasteiger partial charge in [-0.2, -0.15) is 0 Å². The molecular formula is C20H28N2O3. The molecule has 3 heterocycles. The van der Waals surface area contributed by atoms with E-state index in [9.17, 15) is 4.79 Å². The zero-order chi connectivity index (χ0) is 17.3. The number of carbonyl (C=O) groups is 1. The number of ether oxygens (including phenoxy) is 2. The Balaban J connectivity index is 1.41. The van der Waals surface area contributed by atoms with Gasteiger partial charge in [-0.1, -0.05) is 12.1 Å². The number of hydrogen-bond acceptors (Lipinski definition) is 4. The van der Waals surface area contributed by atoms with Gasteiger partial charge in [0.05, 0.1) is 12.5 Å². The Morgan fingerprint density at radius 2 is 2.04 bits per heavy atom. The minimum absolute atomic E-state index is 0.142. The third kappa shape index (κ3) is 3.27. The number of hydrogen-bond donors (Lipinski definition) is 0. The number of benzene rings is 1. The second-order valence-corrected chi connectivity index (χ2v) is 7.67. The Morgan fingerprint density at radius 1 is 1.24 bits per heavy atom. The molecule has 5 heteroatoms. The summed E-state index contributed by atoms with van der Waals surface area (Å²) in [6.45, 7) is 5.29. The van der Waals surface area contributed by atoms with Gasteiger partial charge in [0.2, 0.25) is 5.91 Å². The zero-order valence-corrected chi connectivity index (χ0v) is 15.1.